The number of nitrogens with zero attached hydrogens (tertiary/aromatic N) is 3. The van der Waals surface area contributed by atoms with Gasteiger partial charge in [0.2, 0.25) is 0 Å². The fraction of sp³-hybridized carbons (Fsp3) is 0.455. The first-order valence-corrected chi connectivity index (χ1v) is 5.80. The van der Waals surface area contributed by atoms with Crippen LogP contribution in [0, 0.1) is 0 Å². The van der Waals surface area contributed by atoms with E-state index in [-0.39, 0.29) is 0 Å². The minimum atomic E-state index is -1.28. The molecule has 0 aliphatic carbocycles. The highest BCUT2D eigenvalue weighted by atomic mass is 16.6. The Morgan fingerprint density at radius 1 is 1.32 bits per heavy atom. The van der Waals surface area contributed by atoms with E-state index < -0.39 is 36.8 Å². The molecular formula is C11H13N3O5. The summed E-state index contributed by atoms with van der Waals surface area (Å²) in [6, 6.07) is 1.59. The predicted octanol–water partition coefficient (Wildman–Crippen LogP) is -1.89. The van der Waals surface area contributed by atoms with Crippen molar-refractivity contribution in [2.45, 2.75) is 24.5 Å². The lowest BCUT2D eigenvalue weighted by Gasteiger charge is -2.17. The van der Waals surface area contributed by atoms with Gasteiger partial charge in [0, 0.05) is 18.6 Å². The number of aliphatic hydroxyl groups is 3. The first-order valence-electron chi connectivity index (χ1n) is 5.80. The fourth-order valence-electron chi connectivity index (χ4n) is 2.24. The number of aromatic nitrogens is 3. The summed E-state index contributed by atoms with van der Waals surface area (Å²) in [5.41, 5.74) is 0.0397. The van der Waals surface area contributed by atoms with Gasteiger partial charge in [0.1, 0.15) is 24.0 Å². The molecule has 2 aromatic heterocycles. The van der Waals surface area contributed by atoms with Crippen molar-refractivity contribution < 1.29 is 20.1 Å². The number of aliphatic hydroxyl groups excluding tert-OH is 3. The van der Waals surface area contributed by atoms with Crippen LogP contribution in [-0.4, -0.2) is 54.2 Å². The molecule has 0 amide bonds. The normalized spacial score (nSPS) is 31.1. The summed E-state index contributed by atoms with van der Waals surface area (Å²) < 4.78 is 7.77. The third-order valence-electron chi connectivity index (χ3n) is 3.27. The summed E-state index contributed by atoms with van der Waals surface area (Å²) >= 11 is 0. The molecular weight excluding hydrogens is 254 g/mol. The maximum absolute atomic E-state index is 12.2. The number of rotatable bonds is 2. The smallest absolute Gasteiger partial charge is 0.336 e. The van der Waals surface area contributed by atoms with Gasteiger partial charge < -0.3 is 20.1 Å². The third kappa shape index (κ3) is 1.77. The van der Waals surface area contributed by atoms with Crippen LogP contribution in [0.15, 0.2) is 29.5 Å². The Morgan fingerprint density at radius 2 is 2.11 bits per heavy atom. The molecule has 3 N–H and O–H groups in total. The van der Waals surface area contributed by atoms with Crippen LogP contribution < -0.4 is 5.69 Å². The number of ether oxygens (including phenoxy) is 1. The quantitative estimate of drug-likeness (QED) is 0.587. The van der Waals surface area contributed by atoms with Crippen molar-refractivity contribution in [3.05, 3.63) is 35.1 Å². The highest BCUT2D eigenvalue weighted by Crippen LogP contribution is 2.27. The molecule has 8 heteroatoms. The van der Waals surface area contributed by atoms with Crippen LogP contribution >= 0.6 is 0 Å². The largest absolute Gasteiger partial charge is 0.394 e. The zero-order valence-electron chi connectivity index (χ0n) is 9.83. The summed E-state index contributed by atoms with van der Waals surface area (Å²) in [5.74, 6) is 0. The highest BCUT2D eigenvalue weighted by Gasteiger charge is 2.43. The van der Waals surface area contributed by atoms with E-state index in [0.717, 1.165) is 4.57 Å². The van der Waals surface area contributed by atoms with Crippen LogP contribution in [0.1, 0.15) is 6.23 Å². The van der Waals surface area contributed by atoms with Gasteiger partial charge in [-0.15, -0.1) is 0 Å². The molecule has 1 aliphatic heterocycles. The topological polar surface area (TPSA) is 109 Å². The summed E-state index contributed by atoms with van der Waals surface area (Å²) in [7, 11) is 0. The average Bonchev–Trinajstić information content (AvgIpc) is 2.98. The molecule has 8 nitrogen and oxygen atoms in total. The lowest BCUT2D eigenvalue weighted by molar-refractivity contribution is -0.0550. The van der Waals surface area contributed by atoms with Gasteiger partial charge in [-0.05, 0) is 6.07 Å². The fourth-order valence-corrected chi connectivity index (χ4v) is 2.24. The number of hydrogen-bond acceptors (Lipinski definition) is 6. The van der Waals surface area contributed by atoms with Gasteiger partial charge in [-0.1, -0.05) is 0 Å². The molecule has 0 saturated carbocycles. The van der Waals surface area contributed by atoms with Gasteiger partial charge in [-0.2, -0.15) is 0 Å². The Morgan fingerprint density at radius 3 is 2.79 bits per heavy atom. The van der Waals surface area contributed by atoms with E-state index in [9.17, 15) is 15.0 Å². The standard InChI is InChI=1S/C11H13N3O5/c15-5-6-8(16)9(17)10(19-6)14-3-1-7-12-2-4-13(7)11(14)18/h1-4,6,8-10,15-17H,5H2/t6-,8+,9+,10-/m0/s1. The maximum Gasteiger partial charge on any atom is 0.336 e. The molecule has 1 saturated heterocycles. The van der Waals surface area contributed by atoms with Crippen molar-refractivity contribution in [1.82, 2.24) is 14.0 Å². The molecule has 0 unspecified atom stereocenters. The zero-order valence-corrected chi connectivity index (χ0v) is 9.83. The van der Waals surface area contributed by atoms with Crippen LogP contribution in [0.25, 0.3) is 5.65 Å². The van der Waals surface area contributed by atoms with Crippen molar-refractivity contribution in [2.75, 3.05) is 6.61 Å². The van der Waals surface area contributed by atoms with Gasteiger partial charge in [0.15, 0.2) is 6.23 Å². The zero-order chi connectivity index (χ0) is 13.6. The van der Waals surface area contributed by atoms with Gasteiger partial charge in [-0.3, -0.25) is 8.97 Å². The van der Waals surface area contributed by atoms with E-state index in [0.29, 0.717) is 5.65 Å². The monoisotopic (exact) mass is 267 g/mol. The van der Waals surface area contributed by atoms with Crippen molar-refractivity contribution in [1.29, 1.82) is 0 Å². The second kappa shape index (κ2) is 4.42. The SMILES string of the molecule is O=c1n([C@H]2O[C@@H](CO)[C@@H](O)[C@H]2O)ccc2nccn12. The molecule has 19 heavy (non-hydrogen) atoms. The second-order valence-corrected chi connectivity index (χ2v) is 4.39. The van der Waals surface area contributed by atoms with Crippen molar-refractivity contribution in [3.63, 3.8) is 0 Å². The first kappa shape index (κ1) is 12.3. The minimum absolute atomic E-state index is 0.434. The maximum atomic E-state index is 12.2. The van der Waals surface area contributed by atoms with Gasteiger partial charge in [0.25, 0.3) is 0 Å². The van der Waals surface area contributed by atoms with Gasteiger partial charge in [-0.25, -0.2) is 9.78 Å². The highest BCUT2D eigenvalue weighted by molar-refractivity contribution is 5.35. The molecule has 102 valence electrons. The second-order valence-electron chi connectivity index (χ2n) is 4.39. The molecule has 1 aliphatic rings. The molecule has 0 spiro atoms. The molecule has 1 fully saturated rings. The van der Waals surface area contributed by atoms with Gasteiger partial charge in [0.05, 0.1) is 6.61 Å². The Kier molecular flexibility index (Phi) is 2.86. The molecule has 2 aromatic rings. The lowest BCUT2D eigenvalue weighted by atomic mass is 10.1. The Labute approximate surface area is 107 Å². The average molecular weight is 267 g/mol. The lowest BCUT2D eigenvalue weighted by Crippen LogP contribution is -2.36. The summed E-state index contributed by atoms with van der Waals surface area (Å²) in [5, 5.41) is 28.6. The van der Waals surface area contributed by atoms with Crippen molar-refractivity contribution in [3.8, 4) is 0 Å². The number of imidazole rings is 1. The van der Waals surface area contributed by atoms with Crippen LogP contribution in [0.2, 0.25) is 0 Å². The van der Waals surface area contributed by atoms with Crippen LogP contribution in [0.3, 0.4) is 0 Å². The number of hydrogen-bond donors (Lipinski definition) is 3. The van der Waals surface area contributed by atoms with E-state index in [1.54, 1.807) is 6.07 Å². The van der Waals surface area contributed by atoms with Gasteiger partial charge >= 0.3 is 5.69 Å². The first-order chi connectivity index (χ1) is 9.13. The van der Waals surface area contributed by atoms with E-state index >= 15 is 0 Å². The summed E-state index contributed by atoms with van der Waals surface area (Å²) in [6.07, 6.45) is -0.0492. The van der Waals surface area contributed by atoms with Crippen LogP contribution in [-0.2, 0) is 4.74 Å². The van der Waals surface area contributed by atoms with E-state index in [4.69, 9.17) is 9.84 Å². The molecule has 0 bridgehead atoms. The molecule has 3 heterocycles. The van der Waals surface area contributed by atoms with E-state index in [1.165, 1.54) is 23.0 Å². The van der Waals surface area contributed by atoms with Crippen LogP contribution in [0.5, 0.6) is 0 Å². The van der Waals surface area contributed by atoms with E-state index in [2.05, 4.69) is 4.98 Å². The number of fused-ring (bicyclic) bond motifs is 1. The predicted molar refractivity (Wildman–Crippen MR) is 62.5 cm³/mol. The minimum Gasteiger partial charge on any atom is -0.394 e. The Balaban J connectivity index is 2.05. The summed E-state index contributed by atoms with van der Waals surface area (Å²) in [6.45, 7) is -0.434. The molecule has 0 radical (unpaired) electrons. The molecule has 0 aromatic carbocycles. The Bertz CT molecular complexity index is 651. The molecule has 3 rings (SSSR count). The molecule has 4 atom stereocenters. The van der Waals surface area contributed by atoms with Crippen molar-refractivity contribution in [2.24, 2.45) is 0 Å². The van der Waals surface area contributed by atoms with Crippen molar-refractivity contribution >= 4 is 5.65 Å². The van der Waals surface area contributed by atoms with E-state index in [1.807, 2.05) is 0 Å². The van der Waals surface area contributed by atoms with Crippen LogP contribution in [0.4, 0.5) is 0 Å². The Hall–Kier alpha value is -1.74. The summed E-state index contributed by atoms with van der Waals surface area (Å²) in [4.78, 5) is 16.1. The third-order valence-corrected chi connectivity index (χ3v) is 3.27.